The van der Waals surface area contributed by atoms with Crippen molar-refractivity contribution in [1.82, 2.24) is 5.32 Å². The average Bonchev–Trinajstić information content (AvgIpc) is 2.58. The van der Waals surface area contributed by atoms with Crippen molar-refractivity contribution in [1.29, 1.82) is 0 Å². The molecule has 0 heterocycles. The summed E-state index contributed by atoms with van der Waals surface area (Å²) in [6.07, 6.45) is 1.81. The number of amides is 1. The lowest BCUT2D eigenvalue weighted by Crippen LogP contribution is -2.35. The number of nitrogens with one attached hydrogen (secondary N) is 1. The highest BCUT2D eigenvalue weighted by Crippen LogP contribution is 2.21. The van der Waals surface area contributed by atoms with Crippen LogP contribution in [0, 0.1) is 0 Å². The maximum absolute atomic E-state index is 12.5. The number of hydrogen-bond donors (Lipinski definition) is 2. The number of hydrogen-bond acceptors (Lipinski definition) is 2. The van der Waals surface area contributed by atoms with Crippen LogP contribution in [0.4, 0.5) is 0 Å². The van der Waals surface area contributed by atoms with Gasteiger partial charge in [-0.3, -0.25) is 4.79 Å². The first kappa shape index (κ1) is 16.2. The van der Waals surface area contributed by atoms with E-state index in [0.717, 1.165) is 24.0 Å². The van der Waals surface area contributed by atoms with Gasteiger partial charge in [-0.25, -0.2) is 0 Å². The molecule has 22 heavy (non-hydrogen) atoms. The van der Waals surface area contributed by atoms with Crippen LogP contribution in [0.2, 0.25) is 0 Å². The predicted octanol–water partition coefficient (Wildman–Crippen LogP) is 3.39. The van der Waals surface area contributed by atoms with Gasteiger partial charge in [-0.1, -0.05) is 74.0 Å². The van der Waals surface area contributed by atoms with Crippen LogP contribution in [0.5, 0.6) is 0 Å². The smallest absolute Gasteiger partial charge is 0.227 e. The molecule has 2 aromatic rings. The summed E-state index contributed by atoms with van der Waals surface area (Å²) in [7, 11) is 0. The van der Waals surface area contributed by atoms with E-state index in [2.05, 4.69) is 12.2 Å². The van der Waals surface area contributed by atoms with Gasteiger partial charge in [0, 0.05) is 12.6 Å². The molecule has 0 aliphatic rings. The van der Waals surface area contributed by atoms with Gasteiger partial charge in [0.15, 0.2) is 0 Å². The lowest BCUT2D eigenvalue weighted by Gasteiger charge is -2.19. The normalized spacial score (nSPS) is 13.4. The molecule has 0 bridgehead atoms. The average molecular weight is 296 g/mol. The first-order chi connectivity index (χ1) is 10.7. The van der Waals surface area contributed by atoms with Crippen LogP contribution >= 0.6 is 0 Å². The van der Waals surface area contributed by atoms with Crippen molar-refractivity contribution in [2.45, 2.75) is 31.7 Å². The van der Waals surface area contributed by atoms with Crippen LogP contribution in [0.1, 0.15) is 42.9 Å². The maximum atomic E-state index is 12.5. The fraction of sp³-hybridized carbons (Fsp3) is 0.316. The molecule has 3 nitrogen and oxygen atoms in total. The van der Waals surface area contributed by atoms with Crippen LogP contribution in [0.3, 0.4) is 0 Å². The molecule has 0 aliphatic carbocycles. The Hall–Kier alpha value is -2.13. The van der Waals surface area contributed by atoms with Gasteiger partial charge in [0.2, 0.25) is 5.91 Å². The van der Waals surface area contributed by atoms with Crippen molar-refractivity contribution in [3.05, 3.63) is 71.8 Å². The van der Waals surface area contributed by atoms with Crippen molar-refractivity contribution in [2.75, 3.05) is 6.54 Å². The molecule has 2 unspecified atom stereocenters. The summed E-state index contributed by atoms with van der Waals surface area (Å²) < 4.78 is 0. The Balaban J connectivity index is 1.97. The van der Waals surface area contributed by atoms with Crippen LogP contribution in [-0.2, 0) is 4.79 Å². The fourth-order valence-corrected chi connectivity index (χ4v) is 2.57. The summed E-state index contributed by atoms with van der Waals surface area (Å²) in [5.41, 5.74) is 8.24. The Bertz CT molecular complexity index is 569. The third kappa shape index (κ3) is 4.43. The van der Waals surface area contributed by atoms with E-state index in [1.807, 2.05) is 60.7 Å². The molecule has 2 aromatic carbocycles. The van der Waals surface area contributed by atoms with Gasteiger partial charge in [0.25, 0.3) is 0 Å². The SMILES string of the molecule is CCCC(C(=O)NCC(N)c1ccccc1)c1ccccc1. The molecule has 3 N–H and O–H groups in total. The Kier molecular flexibility index (Phi) is 6.16. The molecule has 3 heteroatoms. The highest BCUT2D eigenvalue weighted by molar-refractivity contribution is 5.83. The molecular formula is C19H24N2O. The lowest BCUT2D eigenvalue weighted by molar-refractivity contribution is -0.122. The van der Waals surface area contributed by atoms with Crippen LogP contribution in [0.15, 0.2) is 60.7 Å². The summed E-state index contributed by atoms with van der Waals surface area (Å²) >= 11 is 0. The van der Waals surface area contributed by atoms with Crippen LogP contribution in [-0.4, -0.2) is 12.5 Å². The molecule has 0 aliphatic heterocycles. The van der Waals surface area contributed by atoms with Crippen LogP contribution < -0.4 is 11.1 Å². The highest BCUT2D eigenvalue weighted by atomic mass is 16.1. The molecule has 116 valence electrons. The zero-order chi connectivity index (χ0) is 15.8. The van der Waals surface area contributed by atoms with Gasteiger partial charge in [0.05, 0.1) is 5.92 Å². The minimum atomic E-state index is -0.178. The first-order valence-electron chi connectivity index (χ1n) is 7.85. The Morgan fingerprint density at radius 2 is 1.55 bits per heavy atom. The zero-order valence-corrected chi connectivity index (χ0v) is 13.0. The Morgan fingerprint density at radius 1 is 1.00 bits per heavy atom. The van der Waals surface area contributed by atoms with E-state index in [-0.39, 0.29) is 17.9 Å². The highest BCUT2D eigenvalue weighted by Gasteiger charge is 2.20. The van der Waals surface area contributed by atoms with Gasteiger partial charge in [-0.2, -0.15) is 0 Å². The van der Waals surface area contributed by atoms with Crippen LogP contribution in [0.25, 0.3) is 0 Å². The standard InChI is InChI=1S/C19H24N2O/c1-2-9-17(15-10-5-3-6-11-15)19(22)21-14-18(20)16-12-7-4-8-13-16/h3-8,10-13,17-18H,2,9,14,20H2,1H3,(H,21,22). The second kappa shape index (κ2) is 8.35. The number of carbonyl (C=O) groups excluding carboxylic acids is 1. The third-order valence-corrected chi connectivity index (χ3v) is 3.82. The van der Waals surface area contributed by atoms with Crippen molar-refractivity contribution in [3.8, 4) is 0 Å². The number of carbonyl (C=O) groups is 1. The first-order valence-corrected chi connectivity index (χ1v) is 7.85. The van der Waals surface area contributed by atoms with Gasteiger partial charge in [0.1, 0.15) is 0 Å². The molecule has 2 rings (SSSR count). The largest absolute Gasteiger partial charge is 0.354 e. The van der Waals surface area contributed by atoms with Gasteiger partial charge >= 0.3 is 0 Å². The summed E-state index contributed by atoms with van der Waals surface area (Å²) in [6.45, 7) is 2.55. The van der Waals surface area contributed by atoms with E-state index >= 15 is 0 Å². The molecule has 1 amide bonds. The molecule has 0 spiro atoms. The van der Waals surface area contributed by atoms with Crippen molar-refractivity contribution >= 4 is 5.91 Å². The van der Waals surface area contributed by atoms with Crippen molar-refractivity contribution < 1.29 is 4.79 Å². The number of benzene rings is 2. The van der Waals surface area contributed by atoms with Gasteiger partial charge < -0.3 is 11.1 Å². The molecular weight excluding hydrogens is 272 g/mol. The summed E-state index contributed by atoms with van der Waals surface area (Å²) in [4.78, 5) is 12.5. The molecule has 2 atom stereocenters. The van der Waals surface area contributed by atoms with E-state index in [9.17, 15) is 4.79 Å². The third-order valence-electron chi connectivity index (χ3n) is 3.82. The quantitative estimate of drug-likeness (QED) is 0.823. The molecule has 0 radical (unpaired) electrons. The number of rotatable bonds is 7. The monoisotopic (exact) mass is 296 g/mol. The molecule has 0 saturated carbocycles. The van der Waals surface area contributed by atoms with E-state index < -0.39 is 0 Å². The van der Waals surface area contributed by atoms with Crippen molar-refractivity contribution in [3.63, 3.8) is 0 Å². The second-order valence-corrected chi connectivity index (χ2v) is 5.51. The summed E-state index contributed by atoms with van der Waals surface area (Å²) in [5, 5.41) is 3.00. The second-order valence-electron chi connectivity index (χ2n) is 5.51. The van der Waals surface area contributed by atoms with Gasteiger partial charge in [-0.15, -0.1) is 0 Å². The molecule has 0 fully saturated rings. The van der Waals surface area contributed by atoms with E-state index in [1.165, 1.54) is 0 Å². The van der Waals surface area contributed by atoms with Crippen molar-refractivity contribution in [2.24, 2.45) is 5.73 Å². The minimum Gasteiger partial charge on any atom is -0.354 e. The van der Waals surface area contributed by atoms with E-state index in [0.29, 0.717) is 6.54 Å². The Morgan fingerprint density at radius 3 is 2.09 bits per heavy atom. The topological polar surface area (TPSA) is 55.1 Å². The summed E-state index contributed by atoms with van der Waals surface area (Å²) in [6, 6.07) is 19.6. The van der Waals surface area contributed by atoms with Gasteiger partial charge in [-0.05, 0) is 17.5 Å². The molecule has 0 aromatic heterocycles. The number of nitrogens with two attached hydrogens (primary N) is 1. The zero-order valence-electron chi connectivity index (χ0n) is 13.0. The molecule has 0 saturated heterocycles. The maximum Gasteiger partial charge on any atom is 0.227 e. The summed E-state index contributed by atoms with van der Waals surface area (Å²) in [5.74, 6) is -0.0476. The predicted molar refractivity (Wildman–Crippen MR) is 90.5 cm³/mol. The Labute approximate surface area is 132 Å². The van der Waals surface area contributed by atoms with E-state index in [4.69, 9.17) is 5.73 Å². The fourth-order valence-electron chi connectivity index (χ4n) is 2.57. The lowest BCUT2D eigenvalue weighted by atomic mass is 9.93. The van der Waals surface area contributed by atoms with E-state index in [1.54, 1.807) is 0 Å². The minimum absolute atomic E-state index is 0.0550.